The summed E-state index contributed by atoms with van der Waals surface area (Å²) in [4.78, 5) is 9.29. The van der Waals surface area contributed by atoms with Crippen LogP contribution in [-0.4, -0.2) is 10.0 Å². The molecule has 0 aliphatic rings. The minimum Gasteiger partial charge on any atom is -0.507 e. The van der Waals surface area contributed by atoms with Crippen LogP contribution in [0.5, 0.6) is 5.75 Å². The minimum atomic E-state index is -1.06. The highest BCUT2D eigenvalue weighted by molar-refractivity contribution is 5.45. The monoisotopic (exact) mass is 196 g/mol. The Morgan fingerprint density at radius 2 is 2.29 bits per heavy atom. The van der Waals surface area contributed by atoms with Crippen molar-refractivity contribution in [3.63, 3.8) is 0 Å². The largest absolute Gasteiger partial charge is 0.507 e. The molecule has 0 fully saturated rings. The van der Waals surface area contributed by atoms with Gasteiger partial charge in [-0.1, -0.05) is 0 Å². The van der Waals surface area contributed by atoms with Crippen molar-refractivity contribution >= 4 is 5.69 Å². The van der Waals surface area contributed by atoms with Crippen LogP contribution in [0.1, 0.15) is 5.56 Å². The van der Waals surface area contributed by atoms with E-state index in [2.05, 4.69) is 0 Å². The molecule has 14 heavy (non-hydrogen) atoms. The van der Waals surface area contributed by atoms with Gasteiger partial charge in [0.15, 0.2) is 0 Å². The molecule has 1 N–H and O–H groups in total. The van der Waals surface area contributed by atoms with Gasteiger partial charge < -0.3 is 5.11 Å². The summed E-state index contributed by atoms with van der Waals surface area (Å²) in [5.74, 6) is -1.50. The van der Waals surface area contributed by atoms with Gasteiger partial charge in [0.25, 0.3) is 0 Å². The van der Waals surface area contributed by atoms with E-state index >= 15 is 0 Å². The van der Waals surface area contributed by atoms with Crippen molar-refractivity contribution in [3.8, 4) is 11.8 Å². The van der Waals surface area contributed by atoms with Crippen LogP contribution in [0.15, 0.2) is 12.1 Å². The summed E-state index contributed by atoms with van der Waals surface area (Å²) in [6.45, 7) is 0. The van der Waals surface area contributed by atoms with Crippen molar-refractivity contribution in [2.45, 2.75) is 6.42 Å². The lowest BCUT2D eigenvalue weighted by atomic mass is 10.1. The number of phenolic OH excluding ortho intramolecular Hbond substituents is 1. The van der Waals surface area contributed by atoms with Crippen molar-refractivity contribution in [3.05, 3.63) is 33.6 Å². The minimum absolute atomic E-state index is 0.0376. The molecular weight excluding hydrogens is 191 g/mol. The molecule has 0 spiro atoms. The van der Waals surface area contributed by atoms with Gasteiger partial charge in [-0.25, -0.2) is 0 Å². The van der Waals surface area contributed by atoms with Crippen molar-refractivity contribution in [2.75, 3.05) is 0 Å². The predicted octanol–water partition coefficient (Wildman–Crippen LogP) is 1.51. The third-order valence-corrected chi connectivity index (χ3v) is 1.61. The van der Waals surface area contributed by atoms with E-state index in [1.165, 1.54) is 0 Å². The molecule has 0 unspecified atom stereocenters. The Morgan fingerprint density at radius 1 is 1.64 bits per heavy atom. The van der Waals surface area contributed by atoms with Crippen LogP contribution in [0.2, 0.25) is 0 Å². The number of rotatable bonds is 2. The number of nitriles is 1. The molecule has 72 valence electrons. The number of hydrogen-bond donors (Lipinski definition) is 1. The van der Waals surface area contributed by atoms with Gasteiger partial charge in [-0.2, -0.15) is 9.65 Å². The standard InChI is InChI=1S/C8H5FN2O3/c9-6-3-5(1-2-10)8(12)4-7(6)11(13)14/h3-4,12H,1H2. The van der Waals surface area contributed by atoms with Crippen LogP contribution in [-0.2, 0) is 6.42 Å². The van der Waals surface area contributed by atoms with E-state index in [9.17, 15) is 19.6 Å². The lowest BCUT2D eigenvalue weighted by Crippen LogP contribution is -1.94. The zero-order valence-corrected chi connectivity index (χ0v) is 6.90. The molecule has 0 saturated heterocycles. The Balaban J connectivity index is 3.25. The van der Waals surface area contributed by atoms with Crippen LogP contribution >= 0.6 is 0 Å². The molecule has 0 aliphatic heterocycles. The lowest BCUT2D eigenvalue weighted by molar-refractivity contribution is -0.387. The molecular formula is C8H5FN2O3. The summed E-state index contributed by atoms with van der Waals surface area (Å²) in [7, 11) is 0. The highest BCUT2D eigenvalue weighted by Gasteiger charge is 2.17. The molecule has 0 radical (unpaired) electrons. The zero-order valence-electron chi connectivity index (χ0n) is 6.90. The van der Waals surface area contributed by atoms with E-state index in [0.717, 1.165) is 6.07 Å². The topological polar surface area (TPSA) is 87.2 Å². The number of nitro benzene ring substituents is 1. The second-order valence-electron chi connectivity index (χ2n) is 2.52. The van der Waals surface area contributed by atoms with Crippen molar-refractivity contribution < 1.29 is 14.4 Å². The molecule has 0 heterocycles. The van der Waals surface area contributed by atoms with Gasteiger partial charge >= 0.3 is 5.69 Å². The summed E-state index contributed by atoms with van der Waals surface area (Å²) in [6, 6.07) is 3.19. The third-order valence-electron chi connectivity index (χ3n) is 1.61. The fourth-order valence-corrected chi connectivity index (χ4v) is 0.959. The number of nitro groups is 1. The molecule has 0 bridgehead atoms. The molecule has 6 heteroatoms. The Bertz CT molecular complexity index is 425. The molecule has 0 saturated carbocycles. The van der Waals surface area contributed by atoms with E-state index in [-0.39, 0.29) is 12.0 Å². The Labute approximate surface area is 78.2 Å². The normalized spacial score (nSPS) is 9.43. The molecule has 5 nitrogen and oxygen atoms in total. The van der Waals surface area contributed by atoms with Crippen LogP contribution in [0.25, 0.3) is 0 Å². The summed E-state index contributed by atoms with van der Waals surface area (Å²) in [5.41, 5.74) is -0.764. The van der Waals surface area contributed by atoms with Gasteiger partial charge in [-0.3, -0.25) is 10.1 Å². The smallest absolute Gasteiger partial charge is 0.308 e. The molecule has 1 rings (SSSR count). The van der Waals surface area contributed by atoms with Crippen molar-refractivity contribution in [1.82, 2.24) is 0 Å². The first-order valence-electron chi connectivity index (χ1n) is 3.59. The van der Waals surface area contributed by atoms with Gasteiger partial charge in [0, 0.05) is 5.56 Å². The number of phenols is 1. The van der Waals surface area contributed by atoms with Gasteiger partial charge in [0.1, 0.15) is 5.75 Å². The fraction of sp³-hybridized carbons (Fsp3) is 0.125. The number of nitrogens with zero attached hydrogens (tertiary/aromatic N) is 2. The first-order chi connectivity index (χ1) is 6.56. The predicted molar refractivity (Wildman–Crippen MR) is 44.0 cm³/mol. The molecule has 0 aromatic heterocycles. The van der Waals surface area contributed by atoms with Gasteiger partial charge in [0.2, 0.25) is 5.82 Å². The maximum Gasteiger partial charge on any atom is 0.308 e. The van der Waals surface area contributed by atoms with E-state index < -0.39 is 22.2 Å². The number of aromatic hydroxyl groups is 1. The molecule has 0 amide bonds. The first kappa shape index (κ1) is 9.92. The van der Waals surface area contributed by atoms with Crippen molar-refractivity contribution in [1.29, 1.82) is 5.26 Å². The second kappa shape index (κ2) is 3.70. The maximum atomic E-state index is 12.9. The van der Waals surface area contributed by atoms with Crippen LogP contribution in [0.3, 0.4) is 0 Å². The van der Waals surface area contributed by atoms with E-state index in [0.29, 0.717) is 6.07 Å². The summed E-state index contributed by atoms with van der Waals surface area (Å²) < 4.78 is 12.9. The number of halogens is 1. The molecule has 1 aromatic rings. The number of hydrogen-bond acceptors (Lipinski definition) is 4. The lowest BCUT2D eigenvalue weighted by Gasteiger charge is -2.00. The number of benzene rings is 1. The van der Waals surface area contributed by atoms with E-state index in [1.54, 1.807) is 6.07 Å². The zero-order chi connectivity index (χ0) is 10.7. The SMILES string of the molecule is N#CCc1cc(F)c([N+](=O)[O-])cc1O. The Morgan fingerprint density at radius 3 is 2.79 bits per heavy atom. The van der Waals surface area contributed by atoms with Crippen LogP contribution in [0, 0.1) is 27.3 Å². The fourth-order valence-electron chi connectivity index (χ4n) is 0.959. The molecule has 0 aliphatic carbocycles. The summed E-state index contributed by atoms with van der Waals surface area (Å²) in [5, 5.41) is 27.7. The van der Waals surface area contributed by atoms with E-state index in [1.807, 2.05) is 0 Å². The first-order valence-corrected chi connectivity index (χ1v) is 3.59. The highest BCUT2D eigenvalue weighted by atomic mass is 19.1. The Hall–Kier alpha value is -2.16. The summed E-state index contributed by atoms with van der Waals surface area (Å²) in [6.07, 6.45) is -0.194. The second-order valence-corrected chi connectivity index (χ2v) is 2.52. The average Bonchev–Trinajstić information content (AvgIpc) is 2.10. The third kappa shape index (κ3) is 1.77. The highest BCUT2D eigenvalue weighted by Crippen LogP contribution is 2.26. The van der Waals surface area contributed by atoms with E-state index in [4.69, 9.17) is 5.26 Å². The molecule has 0 atom stereocenters. The van der Waals surface area contributed by atoms with Gasteiger partial charge in [0.05, 0.1) is 23.5 Å². The quantitative estimate of drug-likeness (QED) is 0.573. The van der Waals surface area contributed by atoms with Gasteiger partial charge in [-0.15, -0.1) is 0 Å². The maximum absolute atomic E-state index is 12.9. The Kier molecular flexibility index (Phi) is 2.62. The molecule has 1 aromatic carbocycles. The average molecular weight is 196 g/mol. The van der Waals surface area contributed by atoms with Crippen LogP contribution < -0.4 is 0 Å². The summed E-state index contributed by atoms with van der Waals surface area (Å²) >= 11 is 0. The van der Waals surface area contributed by atoms with Crippen LogP contribution in [0.4, 0.5) is 10.1 Å². The van der Waals surface area contributed by atoms with Crippen molar-refractivity contribution in [2.24, 2.45) is 0 Å². The van der Waals surface area contributed by atoms with Gasteiger partial charge in [-0.05, 0) is 6.07 Å².